The fourth-order valence-corrected chi connectivity index (χ4v) is 2.65. The van der Waals surface area contributed by atoms with E-state index in [1.54, 1.807) is 6.20 Å². The van der Waals surface area contributed by atoms with Crippen LogP contribution in [0, 0.1) is 5.92 Å². The monoisotopic (exact) mass is 297 g/mol. The maximum Gasteiger partial charge on any atom is 0.224 e. The molecule has 5 nitrogen and oxygen atoms in total. The maximum atomic E-state index is 6.15. The minimum atomic E-state index is 0.580. The first kappa shape index (κ1) is 15.3. The minimum absolute atomic E-state index is 0.580. The van der Waals surface area contributed by atoms with E-state index in [1.165, 1.54) is 19.4 Å². The number of aromatic nitrogens is 2. The van der Waals surface area contributed by atoms with Crippen molar-refractivity contribution >= 4 is 23.4 Å². The molecule has 1 aromatic rings. The topological polar surface area (TPSA) is 53.1 Å². The lowest BCUT2D eigenvalue weighted by Crippen LogP contribution is -2.35. The van der Waals surface area contributed by atoms with Crippen molar-refractivity contribution < 1.29 is 0 Å². The molecule has 0 aromatic carbocycles. The van der Waals surface area contributed by atoms with Gasteiger partial charge in [0.15, 0.2) is 0 Å². The molecule has 2 rings (SSSR count). The molecule has 0 amide bonds. The first-order valence-electron chi connectivity index (χ1n) is 7.38. The number of anilines is 2. The van der Waals surface area contributed by atoms with Crippen molar-refractivity contribution in [2.45, 2.75) is 26.2 Å². The van der Waals surface area contributed by atoms with Crippen molar-refractivity contribution in [1.82, 2.24) is 14.9 Å². The van der Waals surface area contributed by atoms with Crippen LogP contribution in [0.1, 0.15) is 26.2 Å². The van der Waals surface area contributed by atoms with E-state index in [2.05, 4.69) is 39.5 Å². The van der Waals surface area contributed by atoms with Gasteiger partial charge in [0.1, 0.15) is 10.8 Å². The first-order valence-corrected chi connectivity index (χ1v) is 7.75. The van der Waals surface area contributed by atoms with Crippen LogP contribution < -0.4 is 10.6 Å². The molecule has 0 saturated carbocycles. The van der Waals surface area contributed by atoms with Gasteiger partial charge in [0.05, 0.1) is 6.20 Å². The lowest BCUT2D eigenvalue weighted by atomic mass is 9.98. The highest BCUT2D eigenvalue weighted by atomic mass is 35.5. The second kappa shape index (κ2) is 7.64. The Morgan fingerprint density at radius 3 is 3.05 bits per heavy atom. The molecule has 112 valence electrons. The van der Waals surface area contributed by atoms with Crippen molar-refractivity contribution in [3.63, 3.8) is 0 Å². The van der Waals surface area contributed by atoms with E-state index in [0.717, 1.165) is 31.9 Å². The molecule has 1 saturated heterocycles. The predicted molar refractivity (Wildman–Crippen MR) is 84.5 cm³/mol. The van der Waals surface area contributed by atoms with Crippen molar-refractivity contribution in [1.29, 1.82) is 0 Å². The molecule has 2 heterocycles. The summed E-state index contributed by atoms with van der Waals surface area (Å²) in [7, 11) is 2.18. The van der Waals surface area contributed by atoms with Gasteiger partial charge in [0.25, 0.3) is 0 Å². The van der Waals surface area contributed by atoms with Crippen LogP contribution in [-0.2, 0) is 0 Å². The molecule has 0 spiro atoms. The molecule has 1 aromatic heterocycles. The molecule has 1 atom stereocenters. The van der Waals surface area contributed by atoms with E-state index in [-0.39, 0.29) is 0 Å². The van der Waals surface area contributed by atoms with Crippen LogP contribution in [0.25, 0.3) is 0 Å². The van der Waals surface area contributed by atoms with Crippen LogP contribution in [-0.4, -0.2) is 48.1 Å². The number of halogens is 1. The van der Waals surface area contributed by atoms with Crippen molar-refractivity contribution in [3.8, 4) is 0 Å². The van der Waals surface area contributed by atoms with Crippen molar-refractivity contribution in [2.24, 2.45) is 5.92 Å². The summed E-state index contributed by atoms with van der Waals surface area (Å²) in [6, 6.07) is 0. The fraction of sp³-hybridized carbons (Fsp3) is 0.714. The number of piperidine rings is 1. The normalized spacial score (nSPS) is 19.9. The Hall–Kier alpha value is -1.07. The van der Waals surface area contributed by atoms with Gasteiger partial charge in [0, 0.05) is 19.6 Å². The molecule has 0 bridgehead atoms. The summed E-state index contributed by atoms with van der Waals surface area (Å²) in [5.74, 6) is 2.03. The maximum absolute atomic E-state index is 6.15. The first-order chi connectivity index (χ1) is 9.69. The van der Waals surface area contributed by atoms with Crippen LogP contribution in [0.2, 0.25) is 5.02 Å². The molecule has 0 radical (unpaired) electrons. The summed E-state index contributed by atoms with van der Waals surface area (Å²) in [5, 5.41) is 7.13. The van der Waals surface area contributed by atoms with Gasteiger partial charge in [-0.1, -0.05) is 18.5 Å². The third kappa shape index (κ3) is 4.49. The molecule has 1 unspecified atom stereocenters. The Labute approximate surface area is 126 Å². The zero-order valence-corrected chi connectivity index (χ0v) is 13.1. The molecular formula is C14H24ClN5. The summed E-state index contributed by atoms with van der Waals surface area (Å²) in [4.78, 5) is 11.0. The molecule has 1 aliphatic heterocycles. The third-order valence-corrected chi connectivity index (χ3v) is 3.83. The summed E-state index contributed by atoms with van der Waals surface area (Å²) < 4.78 is 0. The molecule has 6 heteroatoms. The highest BCUT2D eigenvalue weighted by Crippen LogP contribution is 2.21. The number of nitrogens with zero attached hydrogens (tertiary/aromatic N) is 3. The third-order valence-electron chi connectivity index (χ3n) is 3.56. The summed E-state index contributed by atoms with van der Waals surface area (Å²) in [6.07, 6.45) is 5.23. The van der Waals surface area contributed by atoms with Gasteiger partial charge in [-0.15, -0.1) is 0 Å². The smallest absolute Gasteiger partial charge is 0.224 e. The molecule has 1 fully saturated rings. The number of hydrogen-bond acceptors (Lipinski definition) is 5. The van der Waals surface area contributed by atoms with Gasteiger partial charge in [0.2, 0.25) is 5.95 Å². The predicted octanol–water partition coefficient (Wildman–Crippen LogP) is 2.71. The van der Waals surface area contributed by atoms with Crippen LogP contribution in [0.15, 0.2) is 6.20 Å². The van der Waals surface area contributed by atoms with E-state index in [9.17, 15) is 0 Å². The quantitative estimate of drug-likeness (QED) is 0.845. The standard InChI is InChI=1S/C14H24ClN5/c1-3-6-16-14-18-9-12(15)13(19-14)17-8-11-5-4-7-20(2)10-11/h9,11H,3-8,10H2,1-2H3,(H2,16,17,18,19). The number of hydrogen-bond donors (Lipinski definition) is 2. The second-order valence-electron chi connectivity index (χ2n) is 5.47. The molecule has 2 N–H and O–H groups in total. The van der Waals surface area contributed by atoms with Crippen molar-refractivity contribution in [3.05, 3.63) is 11.2 Å². The average Bonchev–Trinajstić information content (AvgIpc) is 2.45. The zero-order chi connectivity index (χ0) is 14.4. The van der Waals surface area contributed by atoms with Gasteiger partial charge in [-0.05, 0) is 38.8 Å². The summed E-state index contributed by atoms with van der Waals surface area (Å²) in [5.41, 5.74) is 0. The zero-order valence-electron chi connectivity index (χ0n) is 12.3. The fourth-order valence-electron chi connectivity index (χ4n) is 2.49. The molecular weight excluding hydrogens is 274 g/mol. The van der Waals surface area contributed by atoms with Crippen molar-refractivity contribution in [2.75, 3.05) is 43.9 Å². The Kier molecular flexibility index (Phi) is 5.86. The van der Waals surface area contributed by atoms with Crippen LogP contribution >= 0.6 is 11.6 Å². The lowest BCUT2D eigenvalue weighted by Gasteiger charge is -2.29. The van der Waals surface area contributed by atoms with Crippen LogP contribution in [0.5, 0.6) is 0 Å². The van der Waals surface area contributed by atoms with Crippen LogP contribution in [0.4, 0.5) is 11.8 Å². The highest BCUT2D eigenvalue weighted by Gasteiger charge is 2.17. The molecule has 0 aliphatic carbocycles. The average molecular weight is 298 g/mol. The number of rotatable bonds is 6. The van der Waals surface area contributed by atoms with Gasteiger partial charge in [-0.2, -0.15) is 4.98 Å². The van der Waals surface area contributed by atoms with Gasteiger partial charge in [-0.3, -0.25) is 0 Å². The van der Waals surface area contributed by atoms with E-state index in [1.807, 2.05) is 0 Å². The Morgan fingerprint density at radius 1 is 1.45 bits per heavy atom. The minimum Gasteiger partial charge on any atom is -0.368 e. The summed E-state index contributed by atoms with van der Waals surface area (Å²) in [6.45, 7) is 6.23. The lowest BCUT2D eigenvalue weighted by molar-refractivity contribution is 0.217. The Bertz CT molecular complexity index is 426. The Morgan fingerprint density at radius 2 is 2.30 bits per heavy atom. The van der Waals surface area contributed by atoms with Crippen LogP contribution in [0.3, 0.4) is 0 Å². The number of nitrogens with one attached hydrogen (secondary N) is 2. The van der Waals surface area contributed by atoms with Gasteiger partial charge < -0.3 is 15.5 Å². The van der Waals surface area contributed by atoms with E-state index in [0.29, 0.717) is 16.9 Å². The molecule has 1 aliphatic rings. The van der Waals surface area contributed by atoms with E-state index in [4.69, 9.17) is 11.6 Å². The van der Waals surface area contributed by atoms with E-state index >= 15 is 0 Å². The highest BCUT2D eigenvalue weighted by molar-refractivity contribution is 6.32. The largest absolute Gasteiger partial charge is 0.368 e. The SMILES string of the molecule is CCCNc1ncc(Cl)c(NCC2CCCN(C)C2)n1. The second-order valence-corrected chi connectivity index (χ2v) is 5.88. The van der Waals surface area contributed by atoms with Gasteiger partial charge >= 0.3 is 0 Å². The Balaban J connectivity index is 1.90. The van der Waals surface area contributed by atoms with E-state index < -0.39 is 0 Å². The van der Waals surface area contributed by atoms with Gasteiger partial charge in [-0.25, -0.2) is 4.98 Å². The molecule has 20 heavy (non-hydrogen) atoms. The number of likely N-dealkylation sites (tertiary alicyclic amines) is 1. The summed E-state index contributed by atoms with van der Waals surface area (Å²) >= 11 is 6.15.